The minimum atomic E-state index is -0.239. The normalized spacial score (nSPS) is 14.8. The van der Waals surface area contributed by atoms with E-state index in [1.807, 2.05) is 17.5 Å². The largest absolute Gasteiger partial charge is 0.372 e. The zero-order valence-electron chi connectivity index (χ0n) is 17.6. The van der Waals surface area contributed by atoms with Crippen molar-refractivity contribution in [2.75, 3.05) is 23.3 Å². The molecule has 0 radical (unpaired) electrons. The van der Waals surface area contributed by atoms with Crippen LogP contribution in [-0.2, 0) is 6.54 Å². The maximum atomic E-state index is 12.3. The molecule has 7 heteroatoms. The van der Waals surface area contributed by atoms with Crippen molar-refractivity contribution >= 4 is 44.1 Å². The lowest BCUT2D eigenvalue weighted by Gasteiger charge is -2.28. The van der Waals surface area contributed by atoms with Crippen LogP contribution in [0.15, 0.2) is 58.4 Å². The number of carbonyl (C=O) groups excluding carboxylic acids is 1. The molecule has 3 aromatic rings. The van der Waals surface area contributed by atoms with E-state index in [1.165, 1.54) is 41.9 Å². The van der Waals surface area contributed by atoms with Gasteiger partial charge in [0.15, 0.2) is 5.13 Å². The molecule has 162 valence electrons. The highest BCUT2D eigenvalue weighted by atomic mass is 79.9. The third kappa shape index (κ3) is 5.86. The number of piperidine rings is 1. The monoisotopic (exact) mass is 498 g/mol. The van der Waals surface area contributed by atoms with Gasteiger partial charge in [-0.25, -0.2) is 9.78 Å². The van der Waals surface area contributed by atoms with Gasteiger partial charge in [-0.2, -0.15) is 0 Å². The number of halogens is 1. The molecule has 1 aliphatic rings. The Labute approximate surface area is 196 Å². The Kier molecular flexibility index (Phi) is 7.25. The summed E-state index contributed by atoms with van der Waals surface area (Å²) in [5.41, 5.74) is 4.50. The molecule has 0 saturated carbocycles. The number of rotatable bonds is 6. The highest BCUT2D eigenvalue weighted by Gasteiger charge is 2.14. The molecule has 31 heavy (non-hydrogen) atoms. The minimum absolute atomic E-state index is 0.168. The van der Waals surface area contributed by atoms with E-state index in [-0.39, 0.29) is 11.9 Å². The number of hydrogen-bond donors (Lipinski definition) is 2. The van der Waals surface area contributed by atoms with Crippen LogP contribution >= 0.6 is 27.3 Å². The van der Waals surface area contributed by atoms with Crippen LogP contribution < -0.4 is 15.5 Å². The van der Waals surface area contributed by atoms with E-state index in [2.05, 4.69) is 79.8 Å². The Hall–Kier alpha value is -2.38. The van der Waals surface area contributed by atoms with E-state index in [0.29, 0.717) is 11.7 Å². The van der Waals surface area contributed by atoms with Gasteiger partial charge in [0.25, 0.3) is 0 Å². The van der Waals surface area contributed by atoms with Crippen molar-refractivity contribution in [2.45, 2.75) is 38.6 Å². The summed E-state index contributed by atoms with van der Waals surface area (Å²) in [5, 5.41) is 8.38. The number of hydrogen-bond acceptors (Lipinski definition) is 4. The van der Waals surface area contributed by atoms with Crippen molar-refractivity contribution in [2.24, 2.45) is 0 Å². The fourth-order valence-electron chi connectivity index (χ4n) is 3.77. The van der Waals surface area contributed by atoms with E-state index < -0.39 is 0 Å². The minimum Gasteiger partial charge on any atom is -0.372 e. The summed E-state index contributed by atoms with van der Waals surface area (Å²) in [7, 11) is 0. The van der Waals surface area contributed by atoms with Crippen LogP contribution in [0.25, 0.3) is 0 Å². The summed E-state index contributed by atoms with van der Waals surface area (Å²) in [6, 6.07) is 16.5. The van der Waals surface area contributed by atoms with Crippen LogP contribution in [0.1, 0.15) is 48.9 Å². The van der Waals surface area contributed by atoms with Gasteiger partial charge in [-0.1, -0.05) is 47.1 Å². The predicted molar refractivity (Wildman–Crippen MR) is 132 cm³/mol. The van der Waals surface area contributed by atoms with Crippen molar-refractivity contribution in [3.63, 3.8) is 0 Å². The lowest BCUT2D eigenvalue weighted by molar-refractivity contribution is 0.251. The zero-order chi connectivity index (χ0) is 21.6. The van der Waals surface area contributed by atoms with Crippen molar-refractivity contribution in [1.29, 1.82) is 0 Å². The Bertz CT molecular complexity index is 997. The molecule has 1 fully saturated rings. The van der Waals surface area contributed by atoms with Gasteiger partial charge in [0, 0.05) is 41.1 Å². The highest BCUT2D eigenvalue weighted by molar-refractivity contribution is 9.10. The number of benzene rings is 2. The molecule has 2 amide bonds. The van der Waals surface area contributed by atoms with Crippen molar-refractivity contribution < 1.29 is 4.79 Å². The summed E-state index contributed by atoms with van der Waals surface area (Å²) < 4.78 is 1.06. The molecule has 5 nitrogen and oxygen atoms in total. The van der Waals surface area contributed by atoms with E-state index >= 15 is 0 Å². The summed E-state index contributed by atoms with van der Waals surface area (Å²) in [6.45, 7) is 4.88. The number of nitrogens with zero attached hydrogens (tertiary/aromatic N) is 2. The third-order valence-electron chi connectivity index (χ3n) is 5.67. The second-order valence-electron chi connectivity index (χ2n) is 7.87. The van der Waals surface area contributed by atoms with Crippen LogP contribution in [0.5, 0.6) is 0 Å². The summed E-state index contributed by atoms with van der Waals surface area (Å²) >= 11 is 4.91. The highest BCUT2D eigenvalue weighted by Crippen LogP contribution is 2.28. The number of carbonyl (C=O) groups is 1. The molecule has 0 aliphatic carbocycles. The fourth-order valence-corrected chi connectivity index (χ4v) is 4.83. The average molecular weight is 499 g/mol. The SMILES string of the molecule is CC(c1ccc(Br)cc1)c1csc(NC(=O)NCc2ccc(N3CCCCC3)cc2)n1. The van der Waals surface area contributed by atoms with E-state index in [9.17, 15) is 4.79 Å². The second kappa shape index (κ2) is 10.3. The summed E-state index contributed by atoms with van der Waals surface area (Å²) in [4.78, 5) is 19.3. The Morgan fingerprint density at radius 1 is 1.10 bits per heavy atom. The van der Waals surface area contributed by atoms with Gasteiger partial charge < -0.3 is 10.2 Å². The van der Waals surface area contributed by atoms with E-state index in [4.69, 9.17) is 0 Å². The number of aromatic nitrogens is 1. The van der Waals surface area contributed by atoms with Crippen LogP contribution in [-0.4, -0.2) is 24.1 Å². The van der Waals surface area contributed by atoms with Gasteiger partial charge >= 0.3 is 6.03 Å². The average Bonchev–Trinajstić information content (AvgIpc) is 3.27. The number of urea groups is 1. The lowest BCUT2D eigenvalue weighted by atomic mass is 9.99. The maximum absolute atomic E-state index is 12.3. The number of thiazole rings is 1. The molecule has 1 unspecified atom stereocenters. The summed E-state index contributed by atoms with van der Waals surface area (Å²) in [6.07, 6.45) is 3.87. The first-order valence-corrected chi connectivity index (χ1v) is 12.4. The first kappa shape index (κ1) is 21.8. The van der Waals surface area contributed by atoms with Gasteiger partial charge in [-0.05, 0) is 54.7 Å². The van der Waals surface area contributed by atoms with Crippen LogP contribution in [0, 0.1) is 0 Å². The number of nitrogens with one attached hydrogen (secondary N) is 2. The molecule has 1 atom stereocenters. The topological polar surface area (TPSA) is 57.3 Å². The van der Waals surface area contributed by atoms with Crippen LogP contribution in [0.2, 0.25) is 0 Å². The Balaban J connectivity index is 1.27. The van der Waals surface area contributed by atoms with Crippen molar-refractivity contribution in [1.82, 2.24) is 10.3 Å². The zero-order valence-corrected chi connectivity index (χ0v) is 20.0. The van der Waals surface area contributed by atoms with Crippen LogP contribution in [0.4, 0.5) is 15.6 Å². The van der Waals surface area contributed by atoms with Crippen molar-refractivity contribution in [3.05, 3.63) is 75.2 Å². The van der Waals surface area contributed by atoms with Gasteiger partial charge in [0.2, 0.25) is 0 Å². The van der Waals surface area contributed by atoms with Gasteiger partial charge in [0.1, 0.15) is 0 Å². The molecule has 4 rings (SSSR count). The standard InChI is InChI=1S/C24H27BrN4OS/c1-17(19-7-9-20(25)10-8-19)22-16-31-24(27-22)28-23(30)26-15-18-5-11-21(12-6-18)29-13-3-2-4-14-29/h5-12,16-17H,2-4,13-15H2,1H3,(H2,26,27,28,30). The van der Waals surface area contributed by atoms with Crippen LogP contribution in [0.3, 0.4) is 0 Å². The van der Waals surface area contributed by atoms with Gasteiger partial charge in [-0.15, -0.1) is 11.3 Å². The number of amides is 2. The Morgan fingerprint density at radius 2 is 1.81 bits per heavy atom. The van der Waals surface area contributed by atoms with Gasteiger partial charge in [0.05, 0.1) is 5.69 Å². The fraction of sp³-hybridized carbons (Fsp3) is 0.333. The summed E-state index contributed by atoms with van der Waals surface area (Å²) in [5.74, 6) is 0.168. The first-order valence-electron chi connectivity index (χ1n) is 10.7. The molecule has 1 aliphatic heterocycles. The van der Waals surface area contributed by atoms with Gasteiger partial charge in [-0.3, -0.25) is 5.32 Å². The molecule has 0 spiro atoms. The maximum Gasteiger partial charge on any atom is 0.321 e. The van der Waals surface area contributed by atoms with Crippen molar-refractivity contribution in [3.8, 4) is 0 Å². The lowest BCUT2D eigenvalue weighted by Crippen LogP contribution is -2.29. The molecule has 1 saturated heterocycles. The van der Waals surface area contributed by atoms with E-state index in [1.54, 1.807) is 0 Å². The third-order valence-corrected chi connectivity index (χ3v) is 6.97. The Morgan fingerprint density at radius 3 is 2.52 bits per heavy atom. The quantitative estimate of drug-likeness (QED) is 0.415. The second-order valence-corrected chi connectivity index (χ2v) is 9.65. The molecular formula is C24H27BrN4OS. The molecule has 2 heterocycles. The molecule has 1 aromatic heterocycles. The molecule has 2 aromatic carbocycles. The first-order chi connectivity index (χ1) is 15.1. The predicted octanol–water partition coefficient (Wildman–Crippen LogP) is 6.37. The van der Waals surface area contributed by atoms with E-state index in [0.717, 1.165) is 28.8 Å². The molecule has 2 N–H and O–H groups in total. The molecular weight excluding hydrogens is 472 g/mol. The number of anilines is 2. The molecule has 0 bridgehead atoms. The smallest absolute Gasteiger partial charge is 0.321 e.